The van der Waals surface area contributed by atoms with E-state index in [1.165, 1.54) is 0 Å². The van der Waals surface area contributed by atoms with E-state index in [1.54, 1.807) is 0 Å². The van der Waals surface area contributed by atoms with Gasteiger partial charge in [-0.3, -0.25) is 15.1 Å². The molecule has 0 atom stereocenters. The molecule has 0 saturated heterocycles. The van der Waals surface area contributed by atoms with Gasteiger partial charge >= 0.3 is 6.03 Å². The van der Waals surface area contributed by atoms with Gasteiger partial charge in [0.1, 0.15) is 4.32 Å². The third-order valence-corrected chi connectivity index (χ3v) is 4.98. The number of nitrogens with two attached hydrogens (primary N) is 1. The minimum Gasteiger partial charge on any atom is -0.351 e. The van der Waals surface area contributed by atoms with Crippen LogP contribution < -0.4 is 11.1 Å². The molecule has 24 heavy (non-hydrogen) atoms. The maximum absolute atomic E-state index is 11.3. The van der Waals surface area contributed by atoms with Crippen molar-refractivity contribution in [2.24, 2.45) is 5.73 Å². The van der Waals surface area contributed by atoms with Crippen molar-refractivity contribution in [3.63, 3.8) is 0 Å². The second-order valence-corrected chi connectivity index (χ2v) is 6.59. The number of hydrogen-bond donors (Lipinski definition) is 2. The Morgan fingerprint density at radius 3 is 2.12 bits per heavy atom. The second-order valence-electron chi connectivity index (χ2n) is 5.07. The number of hydrogen-bond acceptors (Lipinski definition) is 3. The molecule has 0 aliphatic rings. The molecule has 1 heterocycles. The molecule has 5 nitrogen and oxygen atoms in total. The van der Waals surface area contributed by atoms with E-state index in [2.05, 4.69) is 33.0 Å². The minimum atomic E-state index is -0.814. The Labute approximate surface area is 150 Å². The van der Waals surface area contributed by atoms with Gasteiger partial charge in [-0.1, -0.05) is 66.2 Å². The van der Waals surface area contributed by atoms with Gasteiger partial charge in [0.2, 0.25) is 5.91 Å². The number of halogens is 1. The molecule has 0 unspecified atom stereocenters. The predicted molar refractivity (Wildman–Crippen MR) is 99.6 cm³/mol. The summed E-state index contributed by atoms with van der Waals surface area (Å²) in [5.41, 5.74) is 7.00. The summed E-state index contributed by atoms with van der Waals surface area (Å²) in [6.45, 7) is 3.72. The molecule has 0 fully saturated rings. The van der Waals surface area contributed by atoms with Crippen LogP contribution >= 0.6 is 15.9 Å². The van der Waals surface area contributed by atoms with Crippen molar-refractivity contribution in [3.05, 3.63) is 54.7 Å². The number of urea groups is 1. The van der Waals surface area contributed by atoms with Gasteiger partial charge in [0, 0.05) is 11.8 Å². The fraction of sp³-hybridized carbons (Fsp3) is 0.278. The lowest BCUT2D eigenvalue weighted by Gasteiger charge is -2.21. The SMILES string of the molecule is CCC(Br)(CC)C(=O)NC(N)=O.c1ccc(-c2ccccn2)cc1. The summed E-state index contributed by atoms with van der Waals surface area (Å²) in [7, 11) is 0. The molecule has 2 rings (SSSR count). The smallest absolute Gasteiger partial charge is 0.318 e. The highest BCUT2D eigenvalue weighted by atomic mass is 79.9. The highest BCUT2D eigenvalue weighted by molar-refractivity contribution is 9.10. The van der Waals surface area contributed by atoms with Crippen molar-refractivity contribution >= 4 is 27.9 Å². The fourth-order valence-electron chi connectivity index (χ4n) is 1.94. The number of carbonyl (C=O) groups excluding carboxylic acids is 2. The molecule has 0 radical (unpaired) electrons. The first-order valence-corrected chi connectivity index (χ1v) is 8.48. The van der Waals surface area contributed by atoms with Crippen LogP contribution in [0.3, 0.4) is 0 Å². The third kappa shape index (κ3) is 6.12. The maximum Gasteiger partial charge on any atom is 0.318 e. The lowest BCUT2D eigenvalue weighted by atomic mass is 10.0. The molecule has 6 heteroatoms. The van der Waals surface area contributed by atoms with E-state index in [9.17, 15) is 9.59 Å². The number of imide groups is 1. The first kappa shape index (κ1) is 19.8. The van der Waals surface area contributed by atoms with Crippen LogP contribution in [0, 0.1) is 0 Å². The first-order valence-electron chi connectivity index (χ1n) is 7.69. The molecule has 2 aromatic rings. The number of benzene rings is 1. The van der Waals surface area contributed by atoms with Crippen LogP contribution in [-0.4, -0.2) is 21.2 Å². The Balaban J connectivity index is 0.000000240. The zero-order valence-electron chi connectivity index (χ0n) is 13.8. The van der Waals surface area contributed by atoms with Gasteiger partial charge < -0.3 is 5.73 Å². The number of rotatable bonds is 4. The van der Waals surface area contributed by atoms with Crippen LogP contribution in [-0.2, 0) is 4.79 Å². The number of pyridine rings is 1. The van der Waals surface area contributed by atoms with Crippen LogP contribution in [0.1, 0.15) is 26.7 Å². The third-order valence-electron chi connectivity index (χ3n) is 3.50. The van der Waals surface area contributed by atoms with Crippen LogP contribution in [0.25, 0.3) is 11.3 Å². The molecular weight excluding hydrogens is 370 g/mol. The summed E-state index contributed by atoms with van der Waals surface area (Å²) in [5.74, 6) is -0.375. The molecule has 128 valence electrons. The Morgan fingerprint density at radius 2 is 1.67 bits per heavy atom. The molecule has 3 N–H and O–H groups in total. The predicted octanol–water partition coefficient (Wildman–Crippen LogP) is 3.88. The fourth-order valence-corrected chi connectivity index (χ4v) is 2.04. The highest BCUT2D eigenvalue weighted by Crippen LogP contribution is 2.26. The average Bonchev–Trinajstić information content (AvgIpc) is 2.62. The summed E-state index contributed by atoms with van der Waals surface area (Å²) in [6, 6.07) is 15.3. The van der Waals surface area contributed by atoms with Gasteiger partial charge in [-0.2, -0.15) is 0 Å². The number of aromatic nitrogens is 1. The van der Waals surface area contributed by atoms with Gasteiger partial charge in [0.05, 0.1) is 5.69 Å². The summed E-state index contributed by atoms with van der Waals surface area (Å²) in [4.78, 5) is 25.9. The number of nitrogens with zero attached hydrogens (tertiary/aromatic N) is 1. The Morgan fingerprint density at radius 1 is 1.08 bits per heavy atom. The summed E-state index contributed by atoms with van der Waals surface area (Å²) >= 11 is 3.26. The number of carbonyl (C=O) groups is 2. The van der Waals surface area contributed by atoms with Crippen molar-refractivity contribution in [2.75, 3.05) is 0 Å². The molecule has 0 aliphatic heterocycles. The van der Waals surface area contributed by atoms with E-state index in [0.29, 0.717) is 12.8 Å². The van der Waals surface area contributed by atoms with Gasteiger partial charge in [-0.05, 0) is 25.0 Å². The van der Waals surface area contributed by atoms with Crippen molar-refractivity contribution in [1.29, 1.82) is 0 Å². The molecule has 1 aromatic carbocycles. The van der Waals surface area contributed by atoms with E-state index < -0.39 is 10.4 Å². The Kier molecular flexibility index (Phi) is 8.12. The number of alkyl halides is 1. The van der Waals surface area contributed by atoms with Gasteiger partial charge in [0.15, 0.2) is 0 Å². The number of amides is 3. The van der Waals surface area contributed by atoms with Crippen molar-refractivity contribution < 1.29 is 9.59 Å². The van der Waals surface area contributed by atoms with Crippen LogP contribution in [0.5, 0.6) is 0 Å². The topological polar surface area (TPSA) is 85.1 Å². The highest BCUT2D eigenvalue weighted by Gasteiger charge is 2.32. The molecule has 0 saturated carbocycles. The quantitative estimate of drug-likeness (QED) is 0.775. The van der Waals surface area contributed by atoms with E-state index >= 15 is 0 Å². The summed E-state index contributed by atoms with van der Waals surface area (Å²) in [6.07, 6.45) is 3.04. The van der Waals surface area contributed by atoms with Crippen LogP contribution in [0.4, 0.5) is 4.79 Å². The molecular formula is C18H22BrN3O2. The molecule has 1 aromatic heterocycles. The van der Waals surface area contributed by atoms with Gasteiger partial charge in [-0.25, -0.2) is 4.79 Å². The molecule has 3 amide bonds. The zero-order valence-corrected chi connectivity index (χ0v) is 15.4. The molecule has 0 aliphatic carbocycles. The van der Waals surface area contributed by atoms with Gasteiger partial charge in [-0.15, -0.1) is 0 Å². The number of nitrogens with one attached hydrogen (secondary N) is 1. The summed E-state index contributed by atoms with van der Waals surface area (Å²) < 4.78 is -0.665. The average molecular weight is 392 g/mol. The van der Waals surface area contributed by atoms with Crippen molar-refractivity contribution in [3.8, 4) is 11.3 Å². The lowest BCUT2D eigenvalue weighted by molar-refractivity contribution is -0.122. The standard InChI is InChI=1S/C11H9N.C7H13BrN2O2/c1-2-6-10(7-3-1)11-8-4-5-9-12-11;1-3-7(8,4-2)5(11)10-6(9)12/h1-9H;3-4H2,1-2H3,(H3,9,10,11,12). The number of primary amides is 1. The Bertz CT molecular complexity index is 606. The van der Waals surface area contributed by atoms with E-state index in [0.717, 1.165) is 11.3 Å². The molecule has 0 bridgehead atoms. The first-order chi connectivity index (χ1) is 11.4. The Hall–Kier alpha value is -2.21. The largest absolute Gasteiger partial charge is 0.351 e. The van der Waals surface area contributed by atoms with Gasteiger partial charge in [0.25, 0.3) is 0 Å². The monoisotopic (exact) mass is 391 g/mol. The summed E-state index contributed by atoms with van der Waals surface area (Å²) in [5, 5.41) is 2.04. The lowest BCUT2D eigenvalue weighted by Crippen LogP contribution is -2.46. The van der Waals surface area contributed by atoms with Crippen molar-refractivity contribution in [2.45, 2.75) is 31.0 Å². The molecule has 0 spiro atoms. The van der Waals surface area contributed by atoms with E-state index in [-0.39, 0.29) is 5.91 Å². The van der Waals surface area contributed by atoms with Crippen LogP contribution in [0.2, 0.25) is 0 Å². The van der Waals surface area contributed by atoms with Crippen LogP contribution in [0.15, 0.2) is 54.7 Å². The zero-order chi connectivity index (χ0) is 18.0. The normalized spacial score (nSPS) is 10.3. The van der Waals surface area contributed by atoms with E-state index in [4.69, 9.17) is 5.73 Å². The van der Waals surface area contributed by atoms with Crippen molar-refractivity contribution in [1.82, 2.24) is 10.3 Å². The maximum atomic E-state index is 11.3. The second kappa shape index (κ2) is 9.82. The minimum absolute atomic E-state index is 0.375. The van der Waals surface area contributed by atoms with E-state index in [1.807, 2.05) is 61.8 Å².